The molecule has 0 aliphatic rings. The van der Waals surface area contributed by atoms with Crippen LogP contribution in [0.25, 0.3) is 0 Å². The van der Waals surface area contributed by atoms with Gasteiger partial charge in [0.2, 0.25) is 5.91 Å². The van der Waals surface area contributed by atoms with Gasteiger partial charge in [0.05, 0.1) is 0 Å². The summed E-state index contributed by atoms with van der Waals surface area (Å²) in [6, 6.07) is 7.51. The Bertz CT molecular complexity index is 531. The van der Waals surface area contributed by atoms with Gasteiger partial charge < -0.3 is 16.0 Å². The number of guanidine groups is 1. The average Bonchev–Trinajstić information content (AvgIpc) is 2.53. The number of carbonyl (C=O) groups is 1. The minimum Gasteiger partial charge on any atom is -0.356 e. The van der Waals surface area contributed by atoms with E-state index < -0.39 is 0 Å². The lowest BCUT2D eigenvalue weighted by Crippen LogP contribution is -2.44. The van der Waals surface area contributed by atoms with E-state index >= 15 is 0 Å². The van der Waals surface area contributed by atoms with Gasteiger partial charge in [-0.15, -0.1) is 0 Å². The second kappa shape index (κ2) is 9.82. The summed E-state index contributed by atoms with van der Waals surface area (Å²) < 4.78 is 1.12. The molecule has 0 aromatic heterocycles. The number of rotatable bonds is 7. The molecule has 3 N–H and O–H groups in total. The minimum absolute atomic E-state index is 0.0280. The maximum absolute atomic E-state index is 11.9. The van der Waals surface area contributed by atoms with Crippen LogP contribution in [-0.2, 0) is 4.79 Å². The molecule has 7 heteroatoms. The number of anilines is 1. The molecule has 1 aromatic rings. The topological polar surface area (TPSA) is 65.5 Å². The van der Waals surface area contributed by atoms with Gasteiger partial charge >= 0.3 is 0 Å². The van der Waals surface area contributed by atoms with Gasteiger partial charge in [0.1, 0.15) is 0 Å². The first kappa shape index (κ1) is 19.8. The Morgan fingerprint density at radius 1 is 1.26 bits per heavy atom. The molecular formula is C16H25BrN4OS. The zero-order chi connectivity index (χ0) is 17.3. The SMILES string of the molecule is CN=C(NCCC(=O)Nc1ccc(Br)cc1)NCC(C)(C)SC. The largest absolute Gasteiger partial charge is 0.356 e. The maximum Gasteiger partial charge on any atom is 0.226 e. The summed E-state index contributed by atoms with van der Waals surface area (Å²) >= 11 is 5.16. The zero-order valence-electron chi connectivity index (χ0n) is 14.1. The van der Waals surface area contributed by atoms with Crippen LogP contribution in [-0.4, -0.2) is 43.0 Å². The standard InChI is InChI=1S/C16H25BrN4OS/c1-16(2,23-4)11-20-15(18-3)19-10-9-14(22)21-13-7-5-12(17)6-8-13/h5-8H,9-11H2,1-4H3,(H,21,22)(H2,18,19,20). The van der Waals surface area contributed by atoms with E-state index in [1.54, 1.807) is 18.8 Å². The summed E-state index contributed by atoms with van der Waals surface area (Å²) in [7, 11) is 1.73. The van der Waals surface area contributed by atoms with Crippen molar-refractivity contribution < 1.29 is 4.79 Å². The number of nitrogens with one attached hydrogen (secondary N) is 3. The summed E-state index contributed by atoms with van der Waals surface area (Å²) in [5, 5.41) is 9.29. The van der Waals surface area contributed by atoms with Crippen LogP contribution in [0, 0.1) is 0 Å². The first-order valence-electron chi connectivity index (χ1n) is 7.41. The summed E-state index contributed by atoms with van der Waals surface area (Å²) in [6.45, 7) is 5.67. The van der Waals surface area contributed by atoms with E-state index in [9.17, 15) is 4.79 Å². The van der Waals surface area contributed by atoms with E-state index in [0.29, 0.717) is 18.9 Å². The smallest absolute Gasteiger partial charge is 0.226 e. The van der Waals surface area contributed by atoms with Gasteiger partial charge in [-0.05, 0) is 44.4 Å². The van der Waals surface area contributed by atoms with E-state index in [-0.39, 0.29) is 10.7 Å². The lowest BCUT2D eigenvalue weighted by molar-refractivity contribution is -0.116. The molecule has 0 radical (unpaired) electrons. The summed E-state index contributed by atoms with van der Waals surface area (Å²) in [5.74, 6) is 0.684. The Labute approximate surface area is 151 Å². The number of thioether (sulfide) groups is 1. The van der Waals surface area contributed by atoms with E-state index in [1.807, 2.05) is 24.3 Å². The van der Waals surface area contributed by atoms with Gasteiger partial charge in [-0.2, -0.15) is 11.8 Å². The van der Waals surface area contributed by atoms with Crippen molar-refractivity contribution >= 4 is 45.2 Å². The Balaban J connectivity index is 2.31. The third kappa shape index (κ3) is 8.27. The molecule has 0 saturated carbocycles. The molecule has 1 rings (SSSR count). The van der Waals surface area contributed by atoms with E-state index in [0.717, 1.165) is 16.7 Å². The zero-order valence-corrected chi connectivity index (χ0v) is 16.5. The highest BCUT2D eigenvalue weighted by molar-refractivity contribution is 9.10. The molecule has 0 aliphatic carbocycles. The van der Waals surface area contributed by atoms with Crippen LogP contribution in [0.3, 0.4) is 0 Å². The van der Waals surface area contributed by atoms with E-state index in [2.05, 4.69) is 57.0 Å². The number of amides is 1. The first-order valence-corrected chi connectivity index (χ1v) is 9.43. The Morgan fingerprint density at radius 2 is 1.91 bits per heavy atom. The van der Waals surface area contributed by atoms with Crippen LogP contribution < -0.4 is 16.0 Å². The van der Waals surface area contributed by atoms with E-state index in [1.165, 1.54) is 0 Å². The molecule has 128 valence electrons. The third-order valence-electron chi connectivity index (χ3n) is 3.23. The summed E-state index contributed by atoms with van der Waals surface area (Å²) in [5.41, 5.74) is 0.794. The van der Waals surface area contributed by atoms with Crippen molar-refractivity contribution in [3.8, 4) is 0 Å². The fraction of sp³-hybridized carbons (Fsp3) is 0.500. The number of halogens is 1. The second-order valence-corrected chi connectivity index (χ2v) is 8.05. The predicted molar refractivity (Wildman–Crippen MR) is 104 cm³/mol. The molecule has 0 unspecified atom stereocenters. The van der Waals surface area contributed by atoms with Gasteiger partial charge in [-0.25, -0.2) is 0 Å². The summed E-state index contributed by atoms with van der Waals surface area (Å²) in [6.07, 6.45) is 2.47. The normalized spacial score (nSPS) is 12.0. The predicted octanol–water partition coefficient (Wildman–Crippen LogP) is 3.08. The van der Waals surface area contributed by atoms with Crippen LogP contribution in [0.5, 0.6) is 0 Å². The molecule has 0 saturated heterocycles. The Morgan fingerprint density at radius 3 is 2.48 bits per heavy atom. The van der Waals surface area contributed by atoms with Crippen molar-refractivity contribution in [1.82, 2.24) is 10.6 Å². The quantitative estimate of drug-likeness (QED) is 0.485. The molecule has 1 amide bonds. The van der Waals surface area contributed by atoms with Gasteiger partial charge in [0.15, 0.2) is 5.96 Å². The minimum atomic E-state index is -0.0280. The molecule has 0 atom stereocenters. The fourth-order valence-corrected chi connectivity index (χ4v) is 2.12. The number of hydrogen-bond acceptors (Lipinski definition) is 3. The number of hydrogen-bond donors (Lipinski definition) is 3. The summed E-state index contributed by atoms with van der Waals surface area (Å²) in [4.78, 5) is 16.1. The van der Waals surface area contributed by atoms with Gasteiger partial charge in [0, 0.05) is 41.5 Å². The van der Waals surface area contributed by atoms with Crippen molar-refractivity contribution in [3.63, 3.8) is 0 Å². The molecule has 0 spiro atoms. The molecule has 0 bridgehead atoms. The molecule has 0 fully saturated rings. The second-order valence-electron chi connectivity index (χ2n) is 5.62. The molecule has 5 nitrogen and oxygen atoms in total. The van der Waals surface area contributed by atoms with Crippen LogP contribution in [0.1, 0.15) is 20.3 Å². The lowest BCUT2D eigenvalue weighted by Gasteiger charge is -2.23. The van der Waals surface area contributed by atoms with Crippen molar-refractivity contribution in [3.05, 3.63) is 28.7 Å². The highest BCUT2D eigenvalue weighted by Crippen LogP contribution is 2.19. The number of benzene rings is 1. The average molecular weight is 401 g/mol. The van der Waals surface area contributed by atoms with Crippen molar-refractivity contribution in [2.24, 2.45) is 4.99 Å². The highest BCUT2D eigenvalue weighted by atomic mass is 79.9. The van der Waals surface area contributed by atoms with Crippen LogP contribution in [0.2, 0.25) is 0 Å². The van der Waals surface area contributed by atoms with Crippen LogP contribution >= 0.6 is 27.7 Å². The Hall–Kier alpha value is -1.21. The van der Waals surface area contributed by atoms with Crippen molar-refractivity contribution in [1.29, 1.82) is 0 Å². The fourth-order valence-electron chi connectivity index (χ4n) is 1.64. The number of aliphatic imine (C=N–C) groups is 1. The lowest BCUT2D eigenvalue weighted by atomic mass is 10.2. The third-order valence-corrected chi connectivity index (χ3v) is 5.01. The number of nitrogens with zero attached hydrogens (tertiary/aromatic N) is 1. The van der Waals surface area contributed by atoms with Gasteiger partial charge in [-0.3, -0.25) is 9.79 Å². The molecule has 1 aromatic carbocycles. The van der Waals surface area contributed by atoms with E-state index in [4.69, 9.17) is 0 Å². The molecular weight excluding hydrogens is 376 g/mol. The number of carbonyl (C=O) groups excluding carboxylic acids is 1. The first-order chi connectivity index (χ1) is 10.9. The molecule has 0 heterocycles. The molecule has 23 heavy (non-hydrogen) atoms. The highest BCUT2D eigenvalue weighted by Gasteiger charge is 2.16. The maximum atomic E-state index is 11.9. The monoisotopic (exact) mass is 400 g/mol. The Kier molecular flexibility index (Phi) is 8.47. The van der Waals surface area contributed by atoms with Crippen molar-refractivity contribution in [2.45, 2.75) is 25.0 Å². The van der Waals surface area contributed by atoms with Crippen molar-refractivity contribution in [2.75, 3.05) is 31.7 Å². The van der Waals surface area contributed by atoms with Crippen LogP contribution in [0.15, 0.2) is 33.7 Å². The van der Waals surface area contributed by atoms with Gasteiger partial charge in [0.25, 0.3) is 0 Å². The molecule has 0 aliphatic heterocycles. The van der Waals surface area contributed by atoms with Crippen LogP contribution in [0.4, 0.5) is 5.69 Å². The van der Waals surface area contributed by atoms with Gasteiger partial charge in [-0.1, -0.05) is 15.9 Å².